The van der Waals surface area contributed by atoms with E-state index in [4.69, 9.17) is 0 Å². The molecule has 4 heteroatoms. The number of aryl methyl sites for hydroxylation is 5. The van der Waals surface area contributed by atoms with Crippen molar-refractivity contribution in [1.82, 2.24) is 9.13 Å². The summed E-state index contributed by atoms with van der Waals surface area (Å²) in [6, 6.07) is 77.2. The lowest BCUT2D eigenvalue weighted by Gasteiger charge is -2.19. The number of fused-ring (bicyclic) bond motifs is 6. The molecule has 0 aliphatic carbocycles. The molecule has 0 spiro atoms. The number of benzene rings is 10. The largest absolute Gasteiger partial charge is 0.308 e. The molecule has 0 radical (unpaired) electrons. The maximum absolute atomic E-state index is 11.8. The van der Waals surface area contributed by atoms with E-state index in [1.807, 2.05) is 19.1 Å². The summed E-state index contributed by atoms with van der Waals surface area (Å²) in [6.07, 6.45) is 0. The van der Waals surface area contributed by atoms with Crippen molar-refractivity contribution in [3.05, 3.63) is 239 Å². The fourth-order valence-corrected chi connectivity index (χ4v) is 10.5. The summed E-state index contributed by atoms with van der Waals surface area (Å²) in [4.78, 5) is 0. The van der Waals surface area contributed by atoms with Crippen LogP contribution in [0.15, 0.2) is 200 Å². The van der Waals surface area contributed by atoms with Gasteiger partial charge >= 0.3 is 0 Å². The average molecular weight is 909 g/mol. The molecule has 12 rings (SSSR count). The van der Waals surface area contributed by atoms with E-state index in [2.05, 4.69) is 237 Å². The molecule has 71 heavy (non-hydrogen) atoms. The zero-order valence-electron chi connectivity index (χ0n) is 40.3. The molecule has 0 saturated carbocycles. The van der Waals surface area contributed by atoms with E-state index in [-0.39, 0.29) is 0 Å². The Kier molecular flexibility index (Phi) is 10.4. The van der Waals surface area contributed by atoms with Crippen molar-refractivity contribution in [3.8, 4) is 79.1 Å². The van der Waals surface area contributed by atoms with Gasteiger partial charge < -0.3 is 9.13 Å². The summed E-state index contributed by atoms with van der Waals surface area (Å²) in [6.45, 7) is 10.5. The molecule has 0 fully saturated rings. The van der Waals surface area contributed by atoms with Crippen LogP contribution in [0.25, 0.3) is 111 Å². The van der Waals surface area contributed by atoms with Crippen molar-refractivity contribution in [2.45, 2.75) is 34.6 Å². The number of nitrogens with zero attached hydrogens (tertiary/aromatic N) is 4. The van der Waals surface area contributed by atoms with Crippen LogP contribution in [0.1, 0.15) is 38.9 Å². The Labute approximate surface area is 414 Å². The second kappa shape index (κ2) is 17.1. The highest BCUT2D eigenvalue weighted by atomic mass is 15.0. The van der Waals surface area contributed by atoms with E-state index in [1.54, 1.807) is 0 Å². The SMILES string of the molecule is Cc1ccc(-c2ccc3c(c2)c2cc(-c4ccc(C)cc4)ccc2n3-c2cc(-c3cc(C)cc(C#N)c3)cc(-n3c4ccc(-c5ccc(C)cc5)cc4c4cc(-c5ccc(C)cc5)ccc43)c2C#N)cc1. The van der Waals surface area contributed by atoms with E-state index in [1.165, 1.54) is 22.3 Å². The van der Waals surface area contributed by atoms with Crippen molar-refractivity contribution in [1.29, 1.82) is 10.5 Å². The summed E-state index contributed by atoms with van der Waals surface area (Å²) in [7, 11) is 0. The van der Waals surface area contributed by atoms with Gasteiger partial charge in [-0.15, -0.1) is 0 Å². The molecule has 0 aliphatic rings. The van der Waals surface area contributed by atoms with E-state index in [9.17, 15) is 10.5 Å². The lowest BCUT2D eigenvalue weighted by molar-refractivity contribution is 1.12. The van der Waals surface area contributed by atoms with Gasteiger partial charge in [0.2, 0.25) is 0 Å². The van der Waals surface area contributed by atoms with Gasteiger partial charge in [0.15, 0.2) is 0 Å². The fourth-order valence-electron chi connectivity index (χ4n) is 10.5. The molecule has 10 aromatic carbocycles. The summed E-state index contributed by atoms with van der Waals surface area (Å²) in [5.41, 5.74) is 23.3. The predicted octanol–water partition coefficient (Wildman–Crippen LogP) is 17.5. The van der Waals surface area contributed by atoms with Crippen LogP contribution in [0.3, 0.4) is 0 Å². The molecular formula is C67H48N4. The van der Waals surface area contributed by atoms with E-state index >= 15 is 0 Å². The molecule has 0 atom stereocenters. The first kappa shape index (κ1) is 43.1. The third-order valence-corrected chi connectivity index (χ3v) is 14.3. The van der Waals surface area contributed by atoms with Gasteiger partial charge in [0.25, 0.3) is 0 Å². The number of nitriles is 2. The summed E-state index contributed by atoms with van der Waals surface area (Å²) in [5.74, 6) is 0. The van der Waals surface area contributed by atoms with Crippen LogP contribution < -0.4 is 0 Å². The fraction of sp³-hybridized carbons (Fsp3) is 0.0746. The Morgan fingerprint density at radius 3 is 0.859 bits per heavy atom. The van der Waals surface area contributed by atoms with Crippen LogP contribution in [0, 0.1) is 57.3 Å². The quantitative estimate of drug-likeness (QED) is 0.160. The smallest absolute Gasteiger partial charge is 0.104 e. The van der Waals surface area contributed by atoms with Crippen molar-refractivity contribution in [2.75, 3.05) is 0 Å². The van der Waals surface area contributed by atoms with Crippen molar-refractivity contribution < 1.29 is 0 Å². The molecule has 12 aromatic rings. The van der Waals surface area contributed by atoms with E-state index in [0.717, 1.165) is 116 Å². The Hall–Kier alpha value is -9.22. The second-order valence-corrected chi connectivity index (χ2v) is 19.3. The maximum Gasteiger partial charge on any atom is 0.104 e. The lowest BCUT2D eigenvalue weighted by atomic mass is 9.97. The molecule has 336 valence electrons. The minimum absolute atomic E-state index is 0.537. The van der Waals surface area contributed by atoms with Gasteiger partial charge in [0.1, 0.15) is 11.6 Å². The normalized spacial score (nSPS) is 11.4. The molecule has 0 amide bonds. The molecule has 0 N–H and O–H groups in total. The van der Waals surface area contributed by atoms with Crippen LogP contribution in [0.5, 0.6) is 0 Å². The van der Waals surface area contributed by atoms with Crippen LogP contribution in [-0.2, 0) is 0 Å². The standard InChI is InChI=1S/C67H48N4/c1-41-6-14-47(15-7-41)51-22-26-62-57(33-51)58-34-52(48-16-8-42(2)9-17-48)23-27-63(58)70(62)66-37-56(55-31-45(5)30-46(32-55)39-68)38-67(61(66)40-69)71-64-28-24-53(49-18-10-43(3)11-19-49)35-59(64)60-36-54(25-29-65(60)71)50-20-12-44(4)13-21-50/h6-38H,1-5H3. The van der Waals surface area contributed by atoms with Gasteiger partial charge in [-0.05, 0) is 169 Å². The summed E-state index contributed by atoms with van der Waals surface area (Å²) < 4.78 is 4.57. The molecule has 2 aromatic heterocycles. The first-order valence-electron chi connectivity index (χ1n) is 24.2. The van der Waals surface area contributed by atoms with Crippen LogP contribution in [-0.4, -0.2) is 9.13 Å². The highest BCUT2D eigenvalue weighted by molar-refractivity contribution is 6.14. The van der Waals surface area contributed by atoms with Gasteiger partial charge in [-0.1, -0.05) is 150 Å². The molecule has 4 nitrogen and oxygen atoms in total. The third-order valence-electron chi connectivity index (χ3n) is 14.3. The predicted molar refractivity (Wildman–Crippen MR) is 295 cm³/mol. The number of rotatable bonds is 7. The van der Waals surface area contributed by atoms with Crippen molar-refractivity contribution in [3.63, 3.8) is 0 Å². The zero-order valence-corrected chi connectivity index (χ0v) is 40.3. The zero-order chi connectivity index (χ0) is 48.5. The monoisotopic (exact) mass is 908 g/mol. The molecule has 0 aliphatic heterocycles. The molecular weight excluding hydrogens is 861 g/mol. The Morgan fingerprint density at radius 1 is 0.268 bits per heavy atom. The average Bonchev–Trinajstić information content (AvgIpc) is 3.90. The molecule has 0 unspecified atom stereocenters. The van der Waals surface area contributed by atoms with Gasteiger partial charge in [-0.3, -0.25) is 0 Å². The maximum atomic E-state index is 11.8. The van der Waals surface area contributed by atoms with Gasteiger partial charge in [-0.25, -0.2) is 0 Å². The lowest BCUT2D eigenvalue weighted by Crippen LogP contribution is -2.05. The van der Waals surface area contributed by atoms with Gasteiger partial charge in [0, 0.05) is 21.5 Å². The first-order valence-corrected chi connectivity index (χ1v) is 24.2. The first-order chi connectivity index (χ1) is 34.6. The summed E-state index contributed by atoms with van der Waals surface area (Å²) >= 11 is 0. The minimum Gasteiger partial charge on any atom is -0.308 e. The van der Waals surface area contributed by atoms with E-state index in [0.29, 0.717) is 11.1 Å². The topological polar surface area (TPSA) is 57.4 Å². The Balaban J connectivity index is 1.18. The highest BCUT2D eigenvalue weighted by Crippen LogP contribution is 2.43. The summed E-state index contributed by atoms with van der Waals surface area (Å²) in [5, 5.41) is 26.5. The number of hydrogen-bond donors (Lipinski definition) is 0. The van der Waals surface area contributed by atoms with E-state index < -0.39 is 0 Å². The van der Waals surface area contributed by atoms with Crippen LogP contribution in [0.4, 0.5) is 0 Å². The number of hydrogen-bond acceptors (Lipinski definition) is 2. The Bertz CT molecular complexity index is 3750. The van der Waals surface area contributed by atoms with Gasteiger partial charge in [-0.2, -0.15) is 10.5 Å². The third kappa shape index (κ3) is 7.55. The minimum atomic E-state index is 0.537. The molecule has 0 bridgehead atoms. The molecule has 0 saturated heterocycles. The highest BCUT2D eigenvalue weighted by Gasteiger charge is 2.24. The second-order valence-electron chi connectivity index (χ2n) is 19.3. The van der Waals surface area contributed by atoms with Crippen molar-refractivity contribution in [2.24, 2.45) is 0 Å². The van der Waals surface area contributed by atoms with Crippen LogP contribution in [0.2, 0.25) is 0 Å². The van der Waals surface area contributed by atoms with Crippen LogP contribution >= 0.6 is 0 Å². The number of aromatic nitrogens is 2. The van der Waals surface area contributed by atoms with Crippen molar-refractivity contribution >= 4 is 43.6 Å². The van der Waals surface area contributed by atoms with Gasteiger partial charge in [0.05, 0.1) is 45.1 Å². The molecule has 2 heterocycles. The Morgan fingerprint density at radius 2 is 0.563 bits per heavy atom.